The zero-order valence-corrected chi connectivity index (χ0v) is 17.0. The Labute approximate surface area is 176 Å². The van der Waals surface area contributed by atoms with Gasteiger partial charge in [0.05, 0.1) is 32.0 Å². The number of methoxy groups -OCH3 is 2. The lowest BCUT2D eigenvalue weighted by molar-refractivity contribution is 0.196. The lowest BCUT2D eigenvalue weighted by Gasteiger charge is -2.28. The van der Waals surface area contributed by atoms with Gasteiger partial charge in [-0.15, -0.1) is 0 Å². The van der Waals surface area contributed by atoms with Crippen LogP contribution in [0.4, 0.5) is 0 Å². The van der Waals surface area contributed by atoms with Crippen LogP contribution in [0.3, 0.4) is 0 Å². The number of rotatable bonds is 6. The van der Waals surface area contributed by atoms with Crippen LogP contribution >= 0.6 is 0 Å². The van der Waals surface area contributed by atoms with E-state index < -0.39 is 6.04 Å². The Morgan fingerprint density at radius 3 is 2.07 bits per heavy atom. The zero-order chi connectivity index (χ0) is 20.9. The second-order valence-corrected chi connectivity index (χ2v) is 7.09. The Morgan fingerprint density at radius 1 is 0.900 bits per heavy atom. The van der Waals surface area contributed by atoms with Gasteiger partial charge in [0.2, 0.25) is 0 Å². The second-order valence-electron chi connectivity index (χ2n) is 7.09. The van der Waals surface area contributed by atoms with E-state index >= 15 is 0 Å². The molecule has 0 aliphatic carbocycles. The Balaban J connectivity index is 1.72. The minimum atomic E-state index is -0.503. The minimum absolute atomic E-state index is 0.0185. The highest BCUT2D eigenvalue weighted by Crippen LogP contribution is 2.39. The molecule has 0 saturated heterocycles. The van der Waals surface area contributed by atoms with Crippen LogP contribution in [0, 0.1) is 11.3 Å². The molecule has 0 bridgehead atoms. The molecule has 0 N–H and O–H groups in total. The largest absolute Gasteiger partial charge is 0.497 e. The highest BCUT2D eigenvalue weighted by molar-refractivity contribution is 6.02. The molecule has 0 radical (unpaired) electrons. The standard InChI is InChI=1S/C25H23N3O2/c1-29-21-12-8-18(9-13-21)23-16-24(19-6-4-3-5-7-19)28(27-23)25(17-26)20-10-14-22(30-2)15-11-20/h3-15,24-25H,16H2,1-2H3/t24-,25-/m1/s1. The molecule has 2 atom stereocenters. The van der Waals surface area contributed by atoms with E-state index in [0.29, 0.717) is 0 Å². The number of benzene rings is 3. The third-order valence-electron chi connectivity index (χ3n) is 5.37. The maximum Gasteiger partial charge on any atom is 0.159 e. The van der Waals surface area contributed by atoms with Crippen molar-refractivity contribution >= 4 is 5.71 Å². The van der Waals surface area contributed by atoms with Gasteiger partial charge >= 0.3 is 0 Å². The van der Waals surface area contributed by atoms with E-state index in [9.17, 15) is 5.26 Å². The Morgan fingerprint density at radius 2 is 1.50 bits per heavy atom. The Kier molecular flexibility index (Phi) is 5.67. The van der Waals surface area contributed by atoms with Crippen molar-refractivity contribution in [3.8, 4) is 17.6 Å². The normalized spacial score (nSPS) is 16.5. The molecule has 5 heteroatoms. The quantitative estimate of drug-likeness (QED) is 0.579. The van der Waals surface area contributed by atoms with Crippen molar-refractivity contribution in [2.24, 2.45) is 5.10 Å². The first kappa shape index (κ1) is 19.5. The van der Waals surface area contributed by atoms with Crippen LogP contribution in [0.25, 0.3) is 0 Å². The van der Waals surface area contributed by atoms with Crippen molar-refractivity contribution in [2.75, 3.05) is 14.2 Å². The lowest BCUT2D eigenvalue weighted by Crippen LogP contribution is -2.24. The van der Waals surface area contributed by atoms with Crippen molar-refractivity contribution < 1.29 is 9.47 Å². The van der Waals surface area contributed by atoms with Crippen LogP contribution < -0.4 is 9.47 Å². The van der Waals surface area contributed by atoms with Crippen LogP contribution in [-0.4, -0.2) is 24.9 Å². The average Bonchev–Trinajstić information content (AvgIpc) is 3.26. The van der Waals surface area contributed by atoms with Gasteiger partial charge in [-0.1, -0.05) is 42.5 Å². The van der Waals surface area contributed by atoms with Crippen molar-refractivity contribution in [2.45, 2.75) is 18.5 Å². The van der Waals surface area contributed by atoms with Crippen molar-refractivity contribution in [3.63, 3.8) is 0 Å². The molecule has 1 aliphatic heterocycles. The number of nitriles is 1. The number of hydrogen-bond donors (Lipinski definition) is 0. The van der Waals surface area contributed by atoms with Gasteiger partial charge in [-0.3, -0.25) is 5.01 Å². The topological polar surface area (TPSA) is 57.8 Å². The highest BCUT2D eigenvalue weighted by atomic mass is 16.5. The summed E-state index contributed by atoms with van der Waals surface area (Å²) >= 11 is 0. The van der Waals surface area contributed by atoms with E-state index in [-0.39, 0.29) is 6.04 Å². The Hall–Kier alpha value is -3.78. The molecular formula is C25H23N3O2. The smallest absolute Gasteiger partial charge is 0.159 e. The molecule has 30 heavy (non-hydrogen) atoms. The van der Waals surface area contributed by atoms with Gasteiger partial charge in [-0.2, -0.15) is 10.4 Å². The van der Waals surface area contributed by atoms with Gasteiger partial charge in [0.1, 0.15) is 11.5 Å². The average molecular weight is 397 g/mol. The van der Waals surface area contributed by atoms with Crippen LogP contribution in [0.15, 0.2) is 84.0 Å². The third-order valence-corrected chi connectivity index (χ3v) is 5.37. The monoisotopic (exact) mass is 397 g/mol. The first-order chi connectivity index (χ1) is 14.7. The maximum atomic E-state index is 10.0. The van der Waals surface area contributed by atoms with Gasteiger partial charge < -0.3 is 9.47 Å². The molecule has 1 aliphatic rings. The van der Waals surface area contributed by atoms with Gasteiger partial charge in [-0.05, 0) is 53.1 Å². The molecule has 4 rings (SSSR count). The fourth-order valence-corrected chi connectivity index (χ4v) is 3.74. The summed E-state index contributed by atoms with van der Waals surface area (Å²) < 4.78 is 10.5. The summed E-state index contributed by atoms with van der Waals surface area (Å²) in [6, 6.07) is 27.6. The molecule has 0 amide bonds. The van der Waals surface area contributed by atoms with E-state index in [0.717, 1.165) is 40.3 Å². The molecule has 5 nitrogen and oxygen atoms in total. The fraction of sp³-hybridized carbons (Fsp3) is 0.200. The molecule has 0 unspecified atom stereocenters. The maximum absolute atomic E-state index is 10.0. The number of nitrogens with zero attached hydrogens (tertiary/aromatic N) is 3. The van der Waals surface area contributed by atoms with Gasteiger partial charge in [0, 0.05) is 6.42 Å². The lowest BCUT2D eigenvalue weighted by atomic mass is 9.97. The first-order valence-corrected chi connectivity index (χ1v) is 9.82. The summed E-state index contributed by atoms with van der Waals surface area (Å²) in [6.07, 6.45) is 0.727. The Bertz CT molecular complexity index is 1050. The van der Waals surface area contributed by atoms with Gasteiger partial charge in [-0.25, -0.2) is 0 Å². The molecule has 0 fully saturated rings. The third kappa shape index (κ3) is 3.85. The fourth-order valence-electron chi connectivity index (χ4n) is 3.74. The van der Waals surface area contributed by atoms with Crippen LogP contribution in [0.2, 0.25) is 0 Å². The molecule has 0 spiro atoms. The second kappa shape index (κ2) is 8.71. The molecule has 0 aromatic heterocycles. The van der Waals surface area contributed by atoms with Crippen molar-refractivity contribution in [1.29, 1.82) is 5.26 Å². The van der Waals surface area contributed by atoms with Crippen molar-refractivity contribution in [3.05, 3.63) is 95.6 Å². The van der Waals surface area contributed by atoms with E-state index in [1.54, 1.807) is 14.2 Å². The highest BCUT2D eigenvalue weighted by Gasteiger charge is 2.34. The van der Waals surface area contributed by atoms with Crippen molar-refractivity contribution in [1.82, 2.24) is 5.01 Å². The molecule has 3 aromatic rings. The summed E-state index contributed by atoms with van der Waals surface area (Å²) in [5.74, 6) is 1.57. The van der Waals surface area contributed by atoms with E-state index in [1.807, 2.05) is 71.7 Å². The van der Waals surface area contributed by atoms with Crippen LogP contribution in [0.1, 0.15) is 35.2 Å². The SMILES string of the molecule is COc1ccc(C2=NN([C@H](C#N)c3ccc(OC)cc3)[C@@H](c3ccccc3)C2)cc1. The summed E-state index contributed by atoms with van der Waals surface area (Å²) in [4.78, 5) is 0. The van der Waals surface area contributed by atoms with E-state index in [4.69, 9.17) is 14.6 Å². The van der Waals surface area contributed by atoms with E-state index in [1.165, 1.54) is 0 Å². The number of hydrogen-bond acceptors (Lipinski definition) is 5. The first-order valence-electron chi connectivity index (χ1n) is 9.82. The summed E-state index contributed by atoms with van der Waals surface area (Å²) in [5.41, 5.74) is 4.02. The predicted octanol–water partition coefficient (Wildman–Crippen LogP) is 5.12. The zero-order valence-electron chi connectivity index (χ0n) is 17.0. The van der Waals surface area contributed by atoms with Gasteiger partial charge in [0.25, 0.3) is 0 Å². The summed E-state index contributed by atoms with van der Waals surface area (Å²) in [6.45, 7) is 0. The van der Waals surface area contributed by atoms with Crippen LogP contribution in [0.5, 0.6) is 11.5 Å². The number of ether oxygens (including phenoxy) is 2. The van der Waals surface area contributed by atoms with Gasteiger partial charge in [0.15, 0.2) is 6.04 Å². The van der Waals surface area contributed by atoms with E-state index in [2.05, 4.69) is 18.2 Å². The molecule has 1 heterocycles. The predicted molar refractivity (Wildman–Crippen MR) is 117 cm³/mol. The molecule has 150 valence electrons. The number of hydrazone groups is 1. The minimum Gasteiger partial charge on any atom is -0.497 e. The summed E-state index contributed by atoms with van der Waals surface area (Å²) in [5, 5.41) is 16.9. The summed E-state index contributed by atoms with van der Waals surface area (Å²) in [7, 11) is 3.29. The molecular weight excluding hydrogens is 374 g/mol. The van der Waals surface area contributed by atoms with Crippen LogP contribution in [-0.2, 0) is 0 Å². The molecule has 3 aromatic carbocycles. The molecule has 0 saturated carbocycles.